The Kier molecular flexibility index (Phi) is 5.71. The Balaban J connectivity index is 1.92. The van der Waals surface area contributed by atoms with Crippen LogP contribution in [0.5, 0.6) is 5.75 Å². The number of nitrogens with one attached hydrogen (secondary N) is 2. The molecule has 5 nitrogen and oxygen atoms in total. The second kappa shape index (κ2) is 7.75. The second-order valence-electron chi connectivity index (χ2n) is 4.70. The molecule has 0 aliphatic carbocycles. The van der Waals surface area contributed by atoms with Crippen molar-refractivity contribution in [3.05, 3.63) is 46.4 Å². The first kappa shape index (κ1) is 15.5. The van der Waals surface area contributed by atoms with Crippen molar-refractivity contribution in [1.82, 2.24) is 15.6 Å². The van der Waals surface area contributed by atoms with E-state index in [-0.39, 0.29) is 11.9 Å². The molecule has 0 saturated carbocycles. The summed E-state index contributed by atoms with van der Waals surface area (Å²) < 4.78 is 5.64. The number of ether oxygens (including phenoxy) is 1. The molecule has 6 heteroatoms. The number of carbonyl (C=O) groups excluding carboxylic acids is 1. The third kappa shape index (κ3) is 4.84. The zero-order valence-corrected chi connectivity index (χ0v) is 12.9. The molecule has 1 aromatic heterocycles. The number of nitrogens with zero attached hydrogens (tertiary/aromatic N) is 1. The van der Waals surface area contributed by atoms with Gasteiger partial charge in [0.2, 0.25) is 0 Å². The maximum atomic E-state index is 12.0. The molecule has 0 radical (unpaired) electrons. The normalized spacial score (nSPS) is 11.9. The van der Waals surface area contributed by atoms with E-state index < -0.39 is 0 Å². The minimum Gasteiger partial charge on any atom is -0.487 e. The molecule has 0 aliphatic rings. The fourth-order valence-electron chi connectivity index (χ4n) is 1.64. The molecule has 1 unspecified atom stereocenters. The van der Waals surface area contributed by atoms with Crippen molar-refractivity contribution in [3.8, 4) is 5.75 Å². The lowest BCUT2D eigenvalue weighted by Crippen LogP contribution is -2.37. The van der Waals surface area contributed by atoms with Crippen LogP contribution >= 0.6 is 11.3 Å². The van der Waals surface area contributed by atoms with Gasteiger partial charge in [0.05, 0.1) is 11.2 Å². The predicted molar refractivity (Wildman–Crippen MR) is 83.7 cm³/mol. The number of aromatic nitrogens is 1. The summed E-state index contributed by atoms with van der Waals surface area (Å²) in [7, 11) is 1.86. The highest BCUT2D eigenvalue weighted by atomic mass is 32.1. The Morgan fingerprint density at radius 1 is 1.48 bits per heavy atom. The molecule has 112 valence electrons. The van der Waals surface area contributed by atoms with Crippen molar-refractivity contribution >= 4 is 17.2 Å². The SMILES string of the molecule is CNC(C)CNC(=O)c1cccc(OCc2cscn2)c1. The Morgan fingerprint density at radius 2 is 2.33 bits per heavy atom. The second-order valence-corrected chi connectivity index (χ2v) is 5.41. The summed E-state index contributed by atoms with van der Waals surface area (Å²) in [4.78, 5) is 16.2. The smallest absolute Gasteiger partial charge is 0.251 e. The minimum atomic E-state index is -0.101. The van der Waals surface area contributed by atoms with Crippen molar-refractivity contribution in [3.63, 3.8) is 0 Å². The van der Waals surface area contributed by atoms with Crippen LogP contribution in [0.4, 0.5) is 0 Å². The number of rotatable bonds is 7. The van der Waals surface area contributed by atoms with Gasteiger partial charge in [0.1, 0.15) is 12.4 Å². The Hall–Kier alpha value is -1.92. The summed E-state index contributed by atoms with van der Waals surface area (Å²) in [5.41, 5.74) is 3.25. The molecule has 0 saturated heterocycles. The topological polar surface area (TPSA) is 63.2 Å². The highest BCUT2D eigenvalue weighted by molar-refractivity contribution is 7.07. The predicted octanol–water partition coefficient (Wildman–Crippen LogP) is 2.06. The van der Waals surface area contributed by atoms with Gasteiger partial charge < -0.3 is 15.4 Å². The fraction of sp³-hybridized carbons (Fsp3) is 0.333. The highest BCUT2D eigenvalue weighted by Crippen LogP contribution is 2.15. The van der Waals surface area contributed by atoms with E-state index in [1.165, 1.54) is 11.3 Å². The molecule has 1 atom stereocenters. The van der Waals surface area contributed by atoms with Crippen LogP contribution in [-0.2, 0) is 6.61 Å². The van der Waals surface area contributed by atoms with Gasteiger partial charge in [-0.25, -0.2) is 4.98 Å². The number of likely N-dealkylation sites (N-methyl/N-ethyl adjacent to an activating group) is 1. The van der Waals surface area contributed by atoms with E-state index in [4.69, 9.17) is 4.74 Å². The monoisotopic (exact) mass is 305 g/mol. The van der Waals surface area contributed by atoms with Crippen LogP contribution in [-0.4, -0.2) is 30.5 Å². The molecule has 1 aromatic carbocycles. The van der Waals surface area contributed by atoms with Gasteiger partial charge in [-0.1, -0.05) is 6.07 Å². The molecule has 0 spiro atoms. The quantitative estimate of drug-likeness (QED) is 0.822. The first-order valence-corrected chi connectivity index (χ1v) is 7.68. The largest absolute Gasteiger partial charge is 0.487 e. The molecule has 2 rings (SSSR count). The molecular formula is C15H19N3O2S. The summed E-state index contributed by atoms with van der Waals surface area (Å²) in [6, 6.07) is 7.39. The van der Waals surface area contributed by atoms with Gasteiger partial charge in [0, 0.05) is 23.5 Å². The van der Waals surface area contributed by atoms with Crippen molar-refractivity contribution in [1.29, 1.82) is 0 Å². The number of hydrogen-bond acceptors (Lipinski definition) is 5. The van der Waals surface area contributed by atoms with Gasteiger partial charge in [-0.2, -0.15) is 0 Å². The van der Waals surface area contributed by atoms with E-state index in [0.29, 0.717) is 24.5 Å². The first-order valence-electron chi connectivity index (χ1n) is 6.74. The summed E-state index contributed by atoms with van der Waals surface area (Å²) in [6.07, 6.45) is 0. The van der Waals surface area contributed by atoms with Crippen molar-refractivity contribution in [2.24, 2.45) is 0 Å². The first-order chi connectivity index (χ1) is 10.2. The van der Waals surface area contributed by atoms with Crippen molar-refractivity contribution in [2.45, 2.75) is 19.6 Å². The van der Waals surface area contributed by atoms with Crippen LogP contribution in [0.25, 0.3) is 0 Å². The molecule has 0 fully saturated rings. The lowest BCUT2D eigenvalue weighted by Gasteiger charge is -2.12. The van der Waals surface area contributed by atoms with E-state index >= 15 is 0 Å². The zero-order chi connectivity index (χ0) is 15.1. The highest BCUT2D eigenvalue weighted by Gasteiger charge is 2.08. The number of amides is 1. The van der Waals surface area contributed by atoms with Crippen LogP contribution in [0.2, 0.25) is 0 Å². The molecule has 2 N–H and O–H groups in total. The maximum absolute atomic E-state index is 12.0. The summed E-state index contributed by atoms with van der Waals surface area (Å²) in [5.74, 6) is 0.563. The molecule has 21 heavy (non-hydrogen) atoms. The van der Waals surface area contributed by atoms with Crippen LogP contribution in [0.3, 0.4) is 0 Å². The van der Waals surface area contributed by atoms with Crippen LogP contribution in [0.1, 0.15) is 23.0 Å². The number of carbonyl (C=O) groups is 1. The van der Waals surface area contributed by atoms with E-state index in [0.717, 1.165) is 5.69 Å². The van der Waals surface area contributed by atoms with Crippen molar-refractivity contribution < 1.29 is 9.53 Å². The van der Waals surface area contributed by atoms with Crippen LogP contribution in [0, 0.1) is 0 Å². The van der Waals surface area contributed by atoms with Gasteiger partial charge in [-0.3, -0.25) is 4.79 Å². The third-order valence-corrected chi connectivity index (χ3v) is 3.66. The van der Waals surface area contributed by atoms with Gasteiger partial charge in [0.15, 0.2) is 0 Å². The van der Waals surface area contributed by atoms with E-state index in [1.54, 1.807) is 17.6 Å². The zero-order valence-electron chi connectivity index (χ0n) is 12.1. The third-order valence-electron chi connectivity index (χ3n) is 3.03. The number of thiazole rings is 1. The Labute approximate surface area is 128 Å². The van der Waals surface area contributed by atoms with Crippen LogP contribution in [0.15, 0.2) is 35.2 Å². The average molecular weight is 305 g/mol. The van der Waals surface area contributed by atoms with Gasteiger partial charge >= 0.3 is 0 Å². The minimum absolute atomic E-state index is 0.101. The summed E-state index contributed by atoms with van der Waals surface area (Å²) in [5, 5.41) is 7.89. The molecule has 2 aromatic rings. The summed E-state index contributed by atoms with van der Waals surface area (Å²) in [6.45, 7) is 3.00. The standard InChI is InChI=1S/C15H19N3O2S/c1-11(16-2)7-17-15(19)12-4-3-5-14(6-12)20-8-13-9-21-10-18-13/h3-6,9-11,16H,7-8H2,1-2H3,(H,17,19). The molecule has 0 aliphatic heterocycles. The lowest BCUT2D eigenvalue weighted by molar-refractivity contribution is 0.0950. The van der Waals surface area contributed by atoms with E-state index in [9.17, 15) is 4.79 Å². The number of benzene rings is 1. The molecular weight excluding hydrogens is 286 g/mol. The maximum Gasteiger partial charge on any atom is 0.251 e. The van der Waals surface area contributed by atoms with Gasteiger partial charge in [-0.05, 0) is 32.2 Å². The number of hydrogen-bond donors (Lipinski definition) is 2. The molecule has 1 heterocycles. The van der Waals surface area contributed by atoms with Crippen molar-refractivity contribution in [2.75, 3.05) is 13.6 Å². The lowest BCUT2D eigenvalue weighted by atomic mass is 10.2. The van der Waals surface area contributed by atoms with E-state index in [2.05, 4.69) is 15.6 Å². The van der Waals surface area contributed by atoms with E-state index in [1.807, 2.05) is 31.5 Å². The average Bonchev–Trinajstić information content (AvgIpc) is 3.04. The molecule has 1 amide bonds. The summed E-state index contributed by atoms with van der Waals surface area (Å²) >= 11 is 1.53. The fourth-order valence-corrected chi connectivity index (χ4v) is 2.19. The van der Waals surface area contributed by atoms with Crippen LogP contribution < -0.4 is 15.4 Å². The molecule has 0 bridgehead atoms. The Morgan fingerprint density at radius 3 is 3.05 bits per heavy atom. The Bertz CT molecular complexity index is 572. The van der Waals surface area contributed by atoms with Gasteiger partial charge in [0.25, 0.3) is 5.91 Å². The van der Waals surface area contributed by atoms with Gasteiger partial charge in [-0.15, -0.1) is 11.3 Å².